The average Bonchev–Trinajstić information content (AvgIpc) is 3.56. The number of pyridine rings is 1. The van der Waals surface area contributed by atoms with Crippen LogP contribution >= 0.6 is 22.7 Å². The van der Waals surface area contributed by atoms with Gasteiger partial charge in [0.05, 0.1) is 33.8 Å². The standard InChI is InChI=1S/C27H21N3O3S2/c1-17-7-2-4-9-21(17)30-25(31)14-26-28-18(16-35-26)15-33-27(32)20-13-23(24-11-6-12-34-24)29-22-10-5-3-8-19(20)22/h2-13,16H,14-15H2,1H3,(H,30,31). The Kier molecular flexibility index (Phi) is 6.65. The highest BCUT2D eigenvalue weighted by molar-refractivity contribution is 7.13. The van der Waals surface area contributed by atoms with Crippen LogP contribution in [0.25, 0.3) is 21.5 Å². The number of carbonyl (C=O) groups excluding carboxylic acids is 2. The fraction of sp³-hybridized carbons (Fsp3) is 0.111. The second kappa shape index (κ2) is 10.2. The number of aryl methyl sites for hydroxylation is 1. The van der Waals surface area contributed by atoms with Gasteiger partial charge in [-0.3, -0.25) is 4.79 Å². The van der Waals surface area contributed by atoms with Crippen molar-refractivity contribution >= 4 is 51.1 Å². The van der Waals surface area contributed by atoms with Crippen LogP contribution in [0.1, 0.15) is 26.6 Å². The Labute approximate surface area is 210 Å². The Balaban J connectivity index is 1.27. The molecule has 0 atom stereocenters. The molecule has 0 aliphatic heterocycles. The largest absolute Gasteiger partial charge is 0.456 e. The molecule has 0 saturated carbocycles. The molecule has 0 saturated heterocycles. The first-order valence-corrected chi connectivity index (χ1v) is 12.7. The van der Waals surface area contributed by atoms with E-state index in [0.29, 0.717) is 16.3 Å². The van der Waals surface area contributed by atoms with E-state index in [1.54, 1.807) is 17.4 Å². The summed E-state index contributed by atoms with van der Waals surface area (Å²) in [5.41, 5.74) is 4.33. The van der Waals surface area contributed by atoms with Gasteiger partial charge in [0.15, 0.2) is 0 Å². The molecule has 1 amide bonds. The lowest BCUT2D eigenvalue weighted by Gasteiger charge is -2.09. The Morgan fingerprint density at radius 1 is 0.971 bits per heavy atom. The van der Waals surface area contributed by atoms with Crippen molar-refractivity contribution in [2.45, 2.75) is 20.0 Å². The second-order valence-electron chi connectivity index (χ2n) is 7.90. The molecule has 35 heavy (non-hydrogen) atoms. The summed E-state index contributed by atoms with van der Waals surface area (Å²) in [4.78, 5) is 35.6. The number of rotatable bonds is 7. The lowest BCUT2D eigenvalue weighted by Crippen LogP contribution is -2.15. The summed E-state index contributed by atoms with van der Waals surface area (Å²) in [6.45, 7) is 1.97. The minimum atomic E-state index is -0.437. The van der Waals surface area contributed by atoms with E-state index in [9.17, 15) is 9.59 Å². The molecule has 0 aliphatic rings. The fourth-order valence-electron chi connectivity index (χ4n) is 3.65. The van der Waals surface area contributed by atoms with Gasteiger partial charge in [-0.15, -0.1) is 22.7 Å². The zero-order valence-corrected chi connectivity index (χ0v) is 20.5. The predicted molar refractivity (Wildman–Crippen MR) is 140 cm³/mol. The normalized spacial score (nSPS) is 10.9. The predicted octanol–water partition coefficient (Wildman–Crippen LogP) is 6.27. The number of amides is 1. The monoisotopic (exact) mass is 499 g/mol. The number of hydrogen-bond acceptors (Lipinski definition) is 7. The highest BCUT2D eigenvalue weighted by Crippen LogP contribution is 2.28. The molecule has 0 bridgehead atoms. The zero-order chi connectivity index (χ0) is 24.2. The van der Waals surface area contributed by atoms with E-state index in [4.69, 9.17) is 9.72 Å². The number of para-hydroxylation sites is 2. The summed E-state index contributed by atoms with van der Waals surface area (Å²) < 4.78 is 5.60. The molecule has 0 spiro atoms. The Hall–Kier alpha value is -3.88. The second-order valence-corrected chi connectivity index (χ2v) is 9.79. The molecule has 0 unspecified atom stereocenters. The molecule has 0 aliphatic carbocycles. The van der Waals surface area contributed by atoms with Crippen LogP contribution < -0.4 is 5.32 Å². The van der Waals surface area contributed by atoms with Crippen molar-refractivity contribution in [2.75, 3.05) is 5.32 Å². The third-order valence-corrected chi connectivity index (χ3v) is 7.18. The van der Waals surface area contributed by atoms with Crippen LogP contribution in [0.3, 0.4) is 0 Å². The van der Waals surface area contributed by atoms with E-state index in [-0.39, 0.29) is 18.9 Å². The number of nitrogens with one attached hydrogen (secondary N) is 1. The van der Waals surface area contributed by atoms with Gasteiger partial charge in [0.2, 0.25) is 5.91 Å². The van der Waals surface area contributed by atoms with E-state index in [1.165, 1.54) is 11.3 Å². The highest BCUT2D eigenvalue weighted by atomic mass is 32.1. The quantitative estimate of drug-likeness (QED) is 0.267. The minimum absolute atomic E-state index is 0.0275. The van der Waals surface area contributed by atoms with Crippen molar-refractivity contribution in [3.63, 3.8) is 0 Å². The van der Waals surface area contributed by atoms with Crippen molar-refractivity contribution in [3.8, 4) is 10.6 Å². The van der Waals surface area contributed by atoms with E-state index >= 15 is 0 Å². The summed E-state index contributed by atoms with van der Waals surface area (Å²) in [5.74, 6) is -0.574. The third kappa shape index (κ3) is 5.29. The summed E-state index contributed by atoms with van der Waals surface area (Å²) in [6.07, 6.45) is 0.159. The molecule has 5 aromatic rings. The van der Waals surface area contributed by atoms with Crippen LogP contribution in [-0.2, 0) is 22.6 Å². The number of anilines is 1. The number of thiophene rings is 1. The van der Waals surface area contributed by atoms with Gasteiger partial charge in [-0.25, -0.2) is 14.8 Å². The molecule has 0 radical (unpaired) electrons. The van der Waals surface area contributed by atoms with Crippen LogP contribution in [0.4, 0.5) is 5.69 Å². The van der Waals surface area contributed by atoms with E-state index in [2.05, 4.69) is 10.3 Å². The maximum Gasteiger partial charge on any atom is 0.339 e. The molecule has 3 aromatic heterocycles. The van der Waals surface area contributed by atoms with Crippen LogP contribution in [0, 0.1) is 6.92 Å². The maximum atomic E-state index is 13.0. The molecular formula is C27H21N3O3S2. The van der Waals surface area contributed by atoms with E-state index in [0.717, 1.165) is 32.7 Å². The maximum absolute atomic E-state index is 13.0. The Bertz CT molecular complexity index is 1510. The number of esters is 1. The van der Waals surface area contributed by atoms with Crippen molar-refractivity contribution in [1.82, 2.24) is 9.97 Å². The lowest BCUT2D eigenvalue weighted by molar-refractivity contribution is -0.115. The number of fused-ring (bicyclic) bond motifs is 1. The fourth-order valence-corrected chi connectivity index (χ4v) is 5.12. The molecule has 0 fully saturated rings. The number of carbonyl (C=O) groups is 2. The van der Waals surface area contributed by atoms with E-state index < -0.39 is 5.97 Å². The SMILES string of the molecule is Cc1ccccc1NC(=O)Cc1nc(COC(=O)c2cc(-c3cccs3)nc3ccccc23)cs1. The first-order valence-electron chi connectivity index (χ1n) is 11.0. The number of aromatic nitrogens is 2. The summed E-state index contributed by atoms with van der Waals surface area (Å²) in [5, 5.41) is 8.10. The first-order chi connectivity index (χ1) is 17.1. The summed E-state index contributed by atoms with van der Waals surface area (Å²) in [7, 11) is 0. The molecule has 1 N–H and O–H groups in total. The van der Waals surface area contributed by atoms with Crippen molar-refractivity contribution in [2.24, 2.45) is 0 Å². The number of nitrogens with zero attached hydrogens (tertiary/aromatic N) is 2. The van der Waals surface area contributed by atoms with Gasteiger partial charge in [0.1, 0.15) is 11.6 Å². The van der Waals surface area contributed by atoms with Gasteiger partial charge in [-0.05, 0) is 42.1 Å². The number of hydrogen-bond donors (Lipinski definition) is 1. The van der Waals surface area contributed by atoms with Crippen LogP contribution in [0.5, 0.6) is 0 Å². The Morgan fingerprint density at radius 3 is 2.63 bits per heavy atom. The zero-order valence-electron chi connectivity index (χ0n) is 18.9. The van der Waals surface area contributed by atoms with Gasteiger partial charge < -0.3 is 10.1 Å². The van der Waals surface area contributed by atoms with Crippen molar-refractivity contribution in [3.05, 3.63) is 99.3 Å². The lowest BCUT2D eigenvalue weighted by atomic mass is 10.1. The van der Waals surface area contributed by atoms with Gasteiger partial charge in [-0.1, -0.05) is 42.5 Å². The number of benzene rings is 2. The average molecular weight is 500 g/mol. The summed E-state index contributed by atoms with van der Waals surface area (Å²) in [6, 6.07) is 20.9. The molecule has 6 nitrogen and oxygen atoms in total. The number of thiazole rings is 1. The number of ether oxygens (including phenoxy) is 1. The van der Waals surface area contributed by atoms with Crippen LogP contribution in [0.2, 0.25) is 0 Å². The van der Waals surface area contributed by atoms with E-state index in [1.807, 2.05) is 78.3 Å². The molecule has 5 rings (SSSR count). The van der Waals surface area contributed by atoms with Gasteiger partial charge in [0.25, 0.3) is 0 Å². The topological polar surface area (TPSA) is 81.2 Å². The highest BCUT2D eigenvalue weighted by Gasteiger charge is 2.17. The molecule has 174 valence electrons. The molecule has 3 heterocycles. The van der Waals surface area contributed by atoms with Gasteiger partial charge in [-0.2, -0.15) is 0 Å². The molecule has 2 aromatic carbocycles. The van der Waals surface area contributed by atoms with Gasteiger partial charge >= 0.3 is 5.97 Å². The Morgan fingerprint density at radius 2 is 1.80 bits per heavy atom. The van der Waals surface area contributed by atoms with Crippen LogP contribution in [0.15, 0.2) is 77.5 Å². The smallest absolute Gasteiger partial charge is 0.339 e. The van der Waals surface area contributed by atoms with Crippen LogP contribution in [-0.4, -0.2) is 21.8 Å². The van der Waals surface area contributed by atoms with Crippen molar-refractivity contribution < 1.29 is 14.3 Å². The molecule has 8 heteroatoms. The molecular weight excluding hydrogens is 478 g/mol. The first kappa shape index (κ1) is 22.9. The van der Waals surface area contributed by atoms with Crippen molar-refractivity contribution in [1.29, 1.82) is 0 Å². The van der Waals surface area contributed by atoms with Gasteiger partial charge in [0, 0.05) is 16.5 Å². The summed E-state index contributed by atoms with van der Waals surface area (Å²) >= 11 is 2.94. The minimum Gasteiger partial charge on any atom is -0.456 e. The third-order valence-electron chi connectivity index (χ3n) is 5.39.